The molecule has 0 saturated heterocycles. The minimum absolute atomic E-state index is 0.214. The van der Waals surface area contributed by atoms with E-state index in [0.717, 1.165) is 10.4 Å². The molecule has 2 heterocycles. The maximum absolute atomic E-state index is 11.3. The molecule has 1 N–H and O–H groups in total. The number of hydrogen-bond donors (Lipinski definition) is 1. The van der Waals surface area contributed by atoms with Crippen molar-refractivity contribution in [1.29, 1.82) is 0 Å². The molecule has 0 radical (unpaired) electrons. The summed E-state index contributed by atoms with van der Waals surface area (Å²) in [5, 5.41) is 9.25. The molecule has 2 rings (SSSR count). The highest BCUT2D eigenvalue weighted by Crippen LogP contribution is 2.34. The minimum atomic E-state index is -0.972. The van der Waals surface area contributed by atoms with Crippen molar-refractivity contribution in [3.8, 4) is 11.6 Å². The van der Waals surface area contributed by atoms with Gasteiger partial charge in [-0.3, -0.25) is 0 Å². The first-order valence-electron chi connectivity index (χ1n) is 6.50. The quantitative estimate of drug-likeness (QED) is 0.884. The van der Waals surface area contributed by atoms with Crippen LogP contribution >= 0.6 is 11.3 Å². The topological polar surface area (TPSA) is 68.7 Å². The van der Waals surface area contributed by atoms with Crippen LogP contribution in [0.15, 0.2) is 24.4 Å². The molecule has 0 aliphatic heterocycles. The van der Waals surface area contributed by atoms with Gasteiger partial charge in [0.05, 0.1) is 12.7 Å². The normalized spacial score (nSPS) is 10.7. The Hall–Kier alpha value is -2.08. The van der Waals surface area contributed by atoms with Crippen LogP contribution < -0.4 is 9.47 Å². The van der Waals surface area contributed by atoms with Crippen LogP contribution in [0.4, 0.5) is 0 Å². The number of carbonyl (C=O) groups is 1. The second kappa shape index (κ2) is 6.58. The average Bonchev–Trinajstić information content (AvgIpc) is 2.90. The lowest BCUT2D eigenvalue weighted by atomic mass is 10.2. The SMILES string of the molecule is COc1ncccc1COc1cc(C(C)C)sc1C(=O)O. The maximum Gasteiger partial charge on any atom is 0.349 e. The van der Waals surface area contributed by atoms with Gasteiger partial charge in [0.25, 0.3) is 0 Å². The highest BCUT2D eigenvalue weighted by atomic mass is 32.1. The number of thiophene rings is 1. The van der Waals surface area contributed by atoms with Gasteiger partial charge in [0, 0.05) is 11.1 Å². The Kier molecular flexibility index (Phi) is 4.80. The maximum atomic E-state index is 11.3. The zero-order chi connectivity index (χ0) is 15.4. The summed E-state index contributed by atoms with van der Waals surface area (Å²) in [6.45, 7) is 4.25. The van der Waals surface area contributed by atoms with Crippen LogP contribution in [0.1, 0.15) is 39.9 Å². The second-order valence-electron chi connectivity index (χ2n) is 4.76. The van der Waals surface area contributed by atoms with Crippen LogP contribution in [0.2, 0.25) is 0 Å². The average molecular weight is 307 g/mol. The molecule has 0 fully saturated rings. The molecule has 0 bridgehead atoms. The number of nitrogens with zero attached hydrogens (tertiary/aromatic N) is 1. The van der Waals surface area contributed by atoms with E-state index in [9.17, 15) is 9.90 Å². The molecule has 0 unspecified atom stereocenters. The number of carboxylic acids is 1. The summed E-state index contributed by atoms with van der Waals surface area (Å²) >= 11 is 1.25. The van der Waals surface area contributed by atoms with Crippen molar-refractivity contribution < 1.29 is 19.4 Å². The Labute approximate surface area is 127 Å². The summed E-state index contributed by atoms with van der Waals surface area (Å²) in [6, 6.07) is 5.41. The fraction of sp³-hybridized carbons (Fsp3) is 0.333. The molecule has 112 valence electrons. The highest BCUT2D eigenvalue weighted by Gasteiger charge is 2.18. The van der Waals surface area contributed by atoms with E-state index in [0.29, 0.717) is 11.6 Å². The van der Waals surface area contributed by atoms with E-state index >= 15 is 0 Å². The Morgan fingerprint density at radius 3 is 2.86 bits per heavy atom. The van der Waals surface area contributed by atoms with E-state index in [1.165, 1.54) is 18.4 Å². The number of ether oxygens (including phenoxy) is 2. The standard InChI is InChI=1S/C15H17NO4S/c1-9(2)12-7-11(13(21-12)15(17)18)20-8-10-5-4-6-16-14(10)19-3/h4-7,9H,8H2,1-3H3,(H,17,18). The van der Waals surface area contributed by atoms with Gasteiger partial charge >= 0.3 is 5.97 Å². The van der Waals surface area contributed by atoms with Crippen molar-refractivity contribution in [2.45, 2.75) is 26.4 Å². The summed E-state index contributed by atoms with van der Waals surface area (Å²) in [5.74, 6) is 0.161. The van der Waals surface area contributed by atoms with Crippen LogP contribution in [0.5, 0.6) is 11.6 Å². The second-order valence-corrected chi connectivity index (χ2v) is 5.85. The minimum Gasteiger partial charge on any atom is -0.487 e. The lowest BCUT2D eigenvalue weighted by Crippen LogP contribution is -2.02. The molecule has 21 heavy (non-hydrogen) atoms. The van der Waals surface area contributed by atoms with Gasteiger partial charge in [0.15, 0.2) is 4.88 Å². The van der Waals surface area contributed by atoms with E-state index < -0.39 is 5.97 Å². The third-order valence-corrected chi connectivity index (χ3v) is 4.31. The van der Waals surface area contributed by atoms with Gasteiger partial charge in [-0.1, -0.05) is 13.8 Å². The first-order valence-corrected chi connectivity index (χ1v) is 7.32. The molecule has 0 spiro atoms. The third kappa shape index (κ3) is 3.52. The zero-order valence-corrected chi connectivity index (χ0v) is 12.9. The molecule has 0 aliphatic rings. The van der Waals surface area contributed by atoms with E-state index in [-0.39, 0.29) is 17.4 Å². The third-order valence-electron chi connectivity index (χ3n) is 2.91. The molecule has 5 nitrogen and oxygen atoms in total. The van der Waals surface area contributed by atoms with E-state index in [1.54, 1.807) is 18.3 Å². The molecule has 0 aromatic carbocycles. The van der Waals surface area contributed by atoms with Gasteiger partial charge in [-0.2, -0.15) is 0 Å². The summed E-state index contributed by atoms with van der Waals surface area (Å²) in [5.41, 5.74) is 0.772. The van der Waals surface area contributed by atoms with Crippen molar-refractivity contribution in [1.82, 2.24) is 4.98 Å². The number of pyridine rings is 1. The van der Waals surface area contributed by atoms with Crippen molar-refractivity contribution >= 4 is 17.3 Å². The molecule has 0 saturated carbocycles. The first kappa shape index (κ1) is 15.3. The molecule has 0 atom stereocenters. The largest absolute Gasteiger partial charge is 0.487 e. The van der Waals surface area contributed by atoms with Gasteiger partial charge in [-0.05, 0) is 24.1 Å². The number of methoxy groups -OCH3 is 1. The Morgan fingerprint density at radius 1 is 1.48 bits per heavy atom. The van der Waals surface area contributed by atoms with E-state index in [2.05, 4.69) is 4.98 Å². The van der Waals surface area contributed by atoms with Crippen LogP contribution in [0, 0.1) is 0 Å². The predicted octanol–water partition coefficient (Wildman–Crippen LogP) is 3.55. The summed E-state index contributed by atoms with van der Waals surface area (Å²) in [7, 11) is 1.54. The molecular formula is C15H17NO4S. The van der Waals surface area contributed by atoms with Crippen LogP contribution in [-0.2, 0) is 6.61 Å². The van der Waals surface area contributed by atoms with Crippen LogP contribution in [-0.4, -0.2) is 23.2 Å². The van der Waals surface area contributed by atoms with Gasteiger partial charge in [0.1, 0.15) is 12.4 Å². The van der Waals surface area contributed by atoms with Crippen LogP contribution in [0.25, 0.3) is 0 Å². The molecular weight excluding hydrogens is 290 g/mol. The number of aromatic carboxylic acids is 1. The van der Waals surface area contributed by atoms with Crippen molar-refractivity contribution in [3.63, 3.8) is 0 Å². The number of carboxylic acid groups (broad SMARTS) is 1. The Morgan fingerprint density at radius 2 is 2.24 bits per heavy atom. The van der Waals surface area contributed by atoms with Gasteiger partial charge < -0.3 is 14.6 Å². The fourth-order valence-corrected chi connectivity index (χ4v) is 2.75. The number of aromatic nitrogens is 1. The first-order chi connectivity index (χ1) is 10.0. The van der Waals surface area contributed by atoms with Crippen LogP contribution in [0.3, 0.4) is 0 Å². The Bertz CT molecular complexity index is 636. The fourth-order valence-electron chi connectivity index (χ4n) is 1.81. The van der Waals surface area contributed by atoms with Gasteiger partial charge in [-0.15, -0.1) is 11.3 Å². The zero-order valence-electron chi connectivity index (χ0n) is 12.1. The highest BCUT2D eigenvalue weighted by molar-refractivity contribution is 7.14. The number of rotatable bonds is 6. The molecule has 0 amide bonds. The predicted molar refractivity (Wildman–Crippen MR) is 80.5 cm³/mol. The lowest BCUT2D eigenvalue weighted by molar-refractivity contribution is 0.0697. The van der Waals surface area contributed by atoms with E-state index in [4.69, 9.17) is 9.47 Å². The molecule has 2 aromatic rings. The van der Waals surface area contributed by atoms with Gasteiger partial charge in [-0.25, -0.2) is 9.78 Å². The number of hydrogen-bond acceptors (Lipinski definition) is 5. The van der Waals surface area contributed by atoms with Crippen molar-refractivity contribution in [2.24, 2.45) is 0 Å². The van der Waals surface area contributed by atoms with Crippen molar-refractivity contribution in [2.75, 3.05) is 7.11 Å². The monoisotopic (exact) mass is 307 g/mol. The summed E-state index contributed by atoms with van der Waals surface area (Å²) < 4.78 is 10.8. The molecule has 2 aromatic heterocycles. The summed E-state index contributed by atoms with van der Waals surface area (Å²) in [6.07, 6.45) is 1.63. The summed E-state index contributed by atoms with van der Waals surface area (Å²) in [4.78, 5) is 16.6. The molecule has 6 heteroatoms. The Balaban J connectivity index is 2.21. The smallest absolute Gasteiger partial charge is 0.349 e. The van der Waals surface area contributed by atoms with E-state index in [1.807, 2.05) is 19.9 Å². The molecule has 0 aliphatic carbocycles. The van der Waals surface area contributed by atoms with Crippen molar-refractivity contribution in [3.05, 3.63) is 39.7 Å². The lowest BCUT2D eigenvalue weighted by Gasteiger charge is -2.08. The van der Waals surface area contributed by atoms with Gasteiger partial charge in [0.2, 0.25) is 5.88 Å².